The maximum absolute atomic E-state index is 2.44. The largest absolute Gasteiger partial charge is 1.00 e. The van der Waals surface area contributed by atoms with Crippen LogP contribution in [0.1, 0.15) is 69.4 Å². The number of hydrogen-bond donors (Lipinski definition) is 0. The van der Waals surface area contributed by atoms with Crippen molar-refractivity contribution in [1.82, 2.24) is 0 Å². The van der Waals surface area contributed by atoms with E-state index < -0.39 is 0 Å². The van der Waals surface area contributed by atoms with Crippen LogP contribution in [0, 0.1) is 0 Å². The summed E-state index contributed by atoms with van der Waals surface area (Å²) >= 11 is 0. The van der Waals surface area contributed by atoms with E-state index in [0.29, 0.717) is 12.1 Å². The molecule has 0 spiro atoms. The summed E-state index contributed by atoms with van der Waals surface area (Å²) in [5.74, 6) is 0. The summed E-state index contributed by atoms with van der Waals surface area (Å²) in [6, 6.07) is 38.4. The monoisotopic (exact) mass is 780 g/mol. The van der Waals surface area contributed by atoms with Gasteiger partial charge in [-0.2, -0.15) is 0 Å². The Bertz CT molecular complexity index is 1340. The first kappa shape index (κ1) is 30.3. The smallest absolute Gasteiger partial charge is 0.141 e. The molecule has 4 aliphatic rings. The van der Waals surface area contributed by atoms with Crippen LogP contribution in [0.5, 0.6) is 0 Å². The molecule has 0 amide bonds. The van der Waals surface area contributed by atoms with E-state index in [2.05, 4.69) is 97.1 Å². The Labute approximate surface area is 286 Å². The van der Waals surface area contributed by atoms with Gasteiger partial charge in [0.1, 0.15) is 12.1 Å². The van der Waals surface area contributed by atoms with Crippen LogP contribution in [0.4, 0.5) is 0 Å². The molecule has 0 fully saturated rings. The minimum atomic E-state index is 0. The molecule has 0 aromatic heterocycles. The average molecular weight is 781 g/mol. The number of benzene rings is 4. The van der Waals surface area contributed by atoms with Crippen LogP contribution in [0.25, 0.3) is 0 Å². The number of halogens is 2. The first-order valence-electron chi connectivity index (χ1n) is 15.8. The second kappa shape index (κ2) is 12.3. The summed E-state index contributed by atoms with van der Waals surface area (Å²) < 4.78 is 2.53. The number of rotatable bonds is 5. The molecule has 8 rings (SSSR count). The molecule has 0 bridgehead atoms. The fourth-order valence-corrected chi connectivity index (χ4v) is 9.30. The molecule has 4 aliphatic heterocycles. The summed E-state index contributed by atoms with van der Waals surface area (Å²) in [4.78, 5) is 0. The van der Waals surface area contributed by atoms with Crippen LogP contribution < -0.4 is 48.0 Å². The third kappa shape index (κ3) is 4.98. The van der Waals surface area contributed by atoms with E-state index in [0.717, 1.165) is 0 Å². The van der Waals surface area contributed by atoms with Gasteiger partial charge < -0.3 is 56.9 Å². The fourth-order valence-electron chi connectivity index (χ4n) is 9.30. The molecule has 2 nitrogen and oxygen atoms in total. The molecular formula is C38H42I2N2. The number of unbranched alkanes of at least 4 members (excludes halogenated alkanes) is 1. The van der Waals surface area contributed by atoms with Gasteiger partial charge in [0.2, 0.25) is 0 Å². The van der Waals surface area contributed by atoms with Crippen molar-refractivity contribution in [2.75, 3.05) is 39.3 Å². The Morgan fingerprint density at radius 3 is 0.952 bits per heavy atom. The minimum absolute atomic E-state index is 0. The Kier molecular flexibility index (Phi) is 8.90. The van der Waals surface area contributed by atoms with Gasteiger partial charge >= 0.3 is 0 Å². The van der Waals surface area contributed by atoms with Crippen LogP contribution in [0.2, 0.25) is 0 Å². The number of hydrogen-bond acceptors (Lipinski definition) is 0. The van der Waals surface area contributed by atoms with Gasteiger partial charge in [-0.25, -0.2) is 0 Å². The predicted molar refractivity (Wildman–Crippen MR) is 163 cm³/mol. The van der Waals surface area contributed by atoms with E-state index in [9.17, 15) is 0 Å². The molecule has 4 heteroatoms. The van der Waals surface area contributed by atoms with E-state index in [-0.39, 0.29) is 48.0 Å². The van der Waals surface area contributed by atoms with E-state index in [4.69, 9.17) is 0 Å². The zero-order valence-corrected chi connectivity index (χ0v) is 28.8. The molecule has 42 heavy (non-hydrogen) atoms. The summed E-state index contributed by atoms with van der Waals surface area (Å²) in [7, 11) is 0. The Morgan fingerprint density at radius 2 is 0.667 bits per heavy atom. The highest BCUT2D eigenvalue weighted by Gasteiger charge is 2.48. The zero-order chi connectivity index (χ0) is 26.6. The van der Waals surface area contributed by atoms with Gasteiger partial charge in [0.15, 0.2) is 0 Å². The van der Waals surface area contributed by atoms with E-state index in [1.54, 1.807) is 44.5 Å². The molecule has 0 N–H and O–H groups in total. The topological polar surface area (TPSA) is 0 Å². The van der Waals surface area contributed by atoms with E-state index in [1.165, 1.54) is 86.8 Å². The molecule has 4 heterocycles. The number of quaternary nitrogens is 2. The SMILES string of the molecule is [I-].[I-].c1ccc2c(c1)CC[N+]1(CCCC[N+]34CCc5ccccc5C3c3ccccc3CC4)CCc3ccccc3C21. The molecule has 0 aliphatic carbocycles. The van der Waals surface area contributed by atoms with Gasteiger partial charge in [0, 0.05) is 60.8 Å². The van der Waals surface area contributed by atoms with Crippen molar-refractivity contribution in [3.05, 3.63) is 142 Å². The summed E-state index contributed by atoms with van der Waals surface area (Å²) in [5.41, 5.74) is 12.7. The average Bonchev–Trinajstić information content (AvgIpc) is 3.02. The standard InChI is InChI=1S/C38H42N2.2HI/c1-5-15-33-29(11-1)19-25-39(26-20-30-12-2-6-16-34(30)37(33)39)23-9-10-24-40-27-21-31-13-3-7-17-35(31)38(40)36-18-8-4-14-32(36)22-28-40;;/h1-8,11-18,37-38H,9-10,19-28H2;2*1H/q+2;;/p-2. The lowest BCUT2D eigenvalue weighted by Gasteiger charge is -2.53. The van der Waals surface area contributed by atoms with Crippen molar-refractivity contribution in [1.29, 1.82) is 0 Å². The Morgan fingerprint density at radius 1 is 0.405 bits per heavy atom. The van der Waals surface area contributed by atoms with Crippen LogP contribution in [0.3, 0.4) is 0 Å². The van der Waals surface area contributed by atoms with Crippen molar-refractivity contribution >= 4 is 0 Å². The van der Waals surface area contributed by atoms with Crippen molar-refractivity contribution in [2.24, 2.45) is 0 Å². The third-order valence-corrected chi connectivity index (χ3v) is 11.3. The molecule has 0 atom stereocenters. The molecule has 218 valence electrons. The lowest BCUT2D eigenvalue weighted by molar-refractivity contribution is -0.961. The van der Waals surface area contributed by atoms with Gasteiger partial charge in [-0.1, -0.05) is 97.1 Å². The first-order valence-corrected chi connectivity index (χ1v) is 15.8. The van der Waals surface area contributed by atoms with Crippen molar-refractivity contribution < 1.29 is 56.9 Å². The van der Waals surface area contributed by atoms with Crippen LogP contribution in [0.15, 0.2) is 97.1 Å². The molecule has 0 unspecified atom stereocenters. The molecule has 0 radical (unpaired) electrons. The van der Waals surface area contributed by atoms with Gasteiger partial charge in [-0.3, -0.25) is 0 Å². The van der Waals surface area contributed by atoms with Crippen molar-refractivity contribution in [3.63, 3.8) is 0 Å². The first-order chi connectivity index (χ1) is 19.8. The second-order valence-corrected chi connectivity index (χ2v) is 13.1. The van der Waals surface area contributed by atoms with Crippen LogP contribution in [-0.4, -0.2) is 48.2 Å². The van der Waals surface area contributed by atoms with Gasteiger partial charge in [0.05, 0.1) is 39.3 Å². The van der Waals surface area contributed by atoms with Gasteiger partial charge in [-0.15, -0.1) is 0 Å². The fraction of sp³-hybridized carbons (Fsp3) is 0.368. The van der Waals surface area contributed by atoms with Crippen LogP contribution in [-0.2, 0) is 25.7 Å². The third-order valence-electron chi connectivity index (χ3n) is 11.3. The molecule has 0 saturated heterocycles. The Balaban J connectivity index is 0.00000158. The molecular weight excluding hydrogens is 738 g/mol. The van der Waals surface area contributed by atoms with Crippen molar-refractivity contribution in [2.45, 2.75) is 50.6 Å². The Hall–Kier alpha value is -1.74. The summed E-state index contributed by atoms with van der Waals surface area (Å²) in [6.07, 6.45) is 7.57. The highest BCUT2D eigenvalue weighted by atomic mass is 127. The molecule has 4 aromatic carbocycles. The maximum atomic E-state index is 2.44. The maximum Gasteiger partial charge on any atom is 0.141 e. The number of fused-ring (bicyclic) bond motifs is 10. The predicted octanol–water partition coefficient (Wildman–Crippen LogP) is 1.21. The molecule has 4 aromatic rings. The zero-order valence-electron chi connectivity index (χ0n) is 24.5. The van der Waals surface area contributed by atoms with Gasteiger partial charge in [0.25, 0.3) is 0 Å². The number of nitrogens with zero attached hydrogens (tertiary/aromatic N) is 2. The van der Waals surface area contributed by atoms with Crippen LogP contribution >= 0.6 is 0 Å². The lowest BCUT2D eigenvalue weighted by Crippen LogP contribution is -3.00. The second-order valence-electron chi connectivity index (χ2n) is 13.1. The minimum Gasteiger partial charge on any atom is -1.00 e. The normalized spacial score (nSPS) is 26.5. The van der Waals surface area contributed by atoms with Crippen molar-refractivity contribution in [3.8, 4) is 0 Å². The van der Waals surface area contributed by atoms with Gasteiger partial charge in [-0.05, 0) is 22.3 Å². The molecule has 0 saturated carbocycles. The summed E-state index contributed by atoms with van der Waals surface area (Å²) in [6.45, 7) is 7.79. The summed E-state index contributed by atoms with van der Waals surface area (Å²) in [5, 5.41) is 0. The quantitative estimate of drug-likeness (QED) is 0.163. The van der Waals surface area contributed by atoms with E-state index >= 15 is 0 Å². The van der Waals surface area contributed by atoms with E-state index in [1.807, 2.05) is 0 Å². The highest BCUT2D eigenvalue weighted by molar-refractivity contribution is 5.43. The highest BCUT2D eigenvalue weighted by Crippen LogP contribution is 2.47. The lowest BCUT2D eigenvalue weighted by atomic mass is 9.79.